The summed E-state index contributed by atoms with van der Waals surface area (Å²) in [4.78, 5) is 12.5. The van der Waals surface area contributed by atoms with E-state index in [-0.39, 0.29) is 29.3 Å². The number of nitrogens with one attached hydrogen (secondary N) is 2. The normalized spacial score (nSPS) is 17.2. The molecule has 1 fully saturated rings. The highest BCUT2D eigenvalue weighted by Crippen LogP contribution is 2.16. The van der Waals surface area contributed by atoms with Crippen molar-refractivity contribution in [2.75, 3.05) is 27.2 Å². The lowest BCUT2D eigenvalue weighted by Crippen LogP contribution is -2.32. The fourth-order valence-corrected chi connectivity index (χ4v) is 3.89. The predicted octanol–water partition coefficient (Wildman–Crippen LogP) is 1.41. The molecule has 8 nitrogen and oxygen atoms in total. The number of aromatic nitrogens is 2. The first-order valence-corrected chi connectivity index (χ1v) is 10.4. The second-order valence-corrected chi connectivity index (χ2v) is 8.95. The van der Waals surface area contributed by atoms with Gasteiger partial charge in [-0.05, 0) is 43.1 Å². The minimum atomic E-state index is -3.45. The lowest BCUT2D eigenvalue weighted by molar-refractivity contribution is 0.0944. The van der Waals surface area contributed by atoms with E-state index in [0.717, 1.165) is 31.5 Å². The van der Waals surface area contributed by atoms with E-state index in [0.29, 0.717) is 12.2 Å². The first-order chi connectivity index (χ1) is 12.9. The van der Waals surface area contributed by atoms with Gasteiger partial charge in [-0.2, -0.15) is 5.10 Å². The molecule has 1 aromatic heterocycles. The Morgan fingerprint density at radius 3 is 2.61 bits per heavy atom. The molecule has 1 unspecified atom stereocenters. The van der Waals surface area contributed by atoms with E-state index >= 15 is 0 Å². The largest absolute Gasteiger partial charge is 0.347 e. The first kappa shape index (κ1) is 22.4. The van der Waals surface area contributed by atoms with Crippen LogP contribution in [0.1, 0.15) is 34.9 Å². The van der Waals surface area contributed by atoms with Gasteiger partial charge < -0.3 is 10.6 Å². The maximum absolute atomic E-state index is 12.3. The Labute approximate surface area is 171 Å². The van der Waals surface area contributed by atoms with E-state index in [1.54, 1.807) is 30.3 Å². The molecule has 1 aliphatic rings. The van der Waals surface area contributed by atoms with E-state index < -0.39 is 10.0 Å². The average molecular weight is 428 g/mol. The molecule has 0 bridgehead atoms. The van der Waals surface area contributed by atoms with Gasteiger partial charge in [0.05, 0.1) is 10.9 Å². The molecule has 154 valence electrons. The molecule has 1 aromatic carbocycles. The van der Waals surface area contributed by atoms with Crippen LogP contribution in [0, 0.1) is 0 Å². The van der Waals surface area contributed by atoms with Crippen LogP contribution < -0.4 is 10.6 Å². The van der Waals surface area contributed by atoms with Crippen molar-refractivity contribution in [3.8, 4) is 0 Å². The number of carbonyl (C=O) groups is 1. The van der Waals surface area contributed by atoms with Crippen molar-refractivity contribution in [1.29, 1.82) is 0 Å². The number of carbonyl (C=O) groups excluding carboxylic acids is 1. The summed E-state index contributed by atoms with van der Waals surface area (Å²) < 4.78 is 27.2. The van der Waals surface area contributed by atoms with E-state index in [1.807, 2.05) is 10.9 Å². The van der Waals surface area contributed by atoms with Crippen molar-refractivity contribution in [3.05, 3.63) is 47.8 Å². The number of hydrogen-bond acceptors (Lipinski definition) is 5. The van der Waals surface area contributed by atoms with Crippen molar-refractivity contribution in [1.82, 2.24) is 24.7 Å². The molecule has 0 aliphatic carbocycles. The number of sulfonamides is 1. The Hall–Kier alpha value is -1.94. The smallest absolute Gasteiger partial charge is 0.272 e. The topological polar surface area (TPSA) is 96.3 Å². The minimum absolute atomic E-state index is 0. The number of piperidine rings is 1. The molecule has 1 atom stereocenters. The molecule has 10 heteroatoms. The first-order valence-electron chi connectivity index (χ1n) is 8.93. The highest BCUT2D eigenvalue weighted by Gasteiger charge is 2.18. The summed E-state index contributed by atoms with van der Waals surface area (Å²) in [6, 6.07) is 8.48. The Bertz CT molecular complexity index is 890. The van der Waals surface area contributed by atoms with Crippen LogP contribution in [0.25, 0.3) is 0 Å². The molecule has 0 radical (unpaired) electrons. The summed E-state index contributed by atoms with van der Waals surface area (Å²) in [5.74, 6) is -0.248. The molecule has 1 aliphatic heterocycles. The summed E-state index contributed by atoms with van der Waals surface area (Å²) in [5, 5.41) is 10.5. The van der Waals surface area contributed by atoms with E-state index in [4.69, 9.17) is 0 Å². The Morgan fingerprint density at radius 2 is 2.00 bits per heavy atom. The number of hydrogen-bond donors (Lipinski definition) is 2. The SMILES string of the molecule is CN(C)S(=O)(=O)c1ccc(CNC(=O)c2ccn(C3CCCNC3)n2)cc1.Cl. The Morgan fingerprint density at radius 1 is 1.29 bits per heavy atom. The second kappa shape index (κ2) is 9.51. The van der Waals surface area contributed by atoms with Gasteiger partial charge in [0, 0.05) is 33.4 Å². The van der Waals surface area contributed by atoms with Crippen LogP contribution in [0.3, 0.4) is 0 Å². The van der Waals surface area contributed by atoms with Gasteiger partial charge in [0.2, 0.25) is 10.0 Å². The summed E-state index contributed by atoms with van der Waals surface area (Å²) >= 11 is 0. The summed E-state index contributed by atoms with van der Waals surface area (Å²) in [7, 11) is -0.464. The molecule has 0 spiro atoms. The van der Waals surface area contributed by atoms with E-state index in [1.165, 1.54) is 18.4 Å². The quantitative estimate of drug-likeness (QED) is 0.726. The lowest BCUT2D eigenvalue weighted by Gasteiger charge is -2.22. The van der Waals surface area contributed by atoms with Gasteiger partial charge >= 0.3 is 0 Å². The van der Waals surface area contributed by atoms with Crippen LogP contribution >= 0.6 is 12.4 Å². The molecule has 3 rings (SSSR count). The fourth-order valence-electron chi connectivity index (χ4n) is 2.98. The van der Waals surface area contributed by atoms with Crippen molar-refractivity contribution in [2.24, 2.45) is 0 Å². The molecular formula is C18H26ClN5O3S. The van der Waals surface area contributed by atoms with Crippen LogP contribution in [-0.4, -0.2) is 55.6 Å². The van der Waals surface area contributed by atoms with Crippen molar-refractivity contribution in [2.45, 2.75) is 30.3 Å². The zero-order valence-electron chi connectivity index (χ0n) is 16.0. The van der Waals surface area contributed by atoms with Crippen LogP contribution in [0.5, 0.6) is 0 Å². The number of halogens is 1. The van der Waals surface area contributed by atoms with E-state index in [9.17, 15) is 13.2 Å². The summed E-state index contributed by atoms with van der Waals surface area (Å²) in [5.41, 5.74) is 1.20. The standard InChI is InChI=1S/C18H25N5O3S.ClH/c1-22(2)27(25,26)16-7-5-14(6-8-16)12-20-18(24)17-9-11-23(21-17)15-4-3-10-19-13-15;/h5-9,11,15,19H,3-4,10,12-13H2,1-2H3,(H,20,24);1H. The highest BCUT2D eigenvalue weighted by molar-refractivity contribution is 7.89. The number of benzene rings is 1. The third-order valence-electron chi connectivity index (χ3n) is 4.64. The number of amides is 1. The maximum atomic E-state index is 12.3. The van der Waals surface area contributed by atoms with Crippen LogP contribution in [0.15, 0.2) is 41.4 Å². The minimum Gasteiger partial charge on any atom is -0.347 e. The molecule has 28 heavy (non-hydrogen) atoms. The summed E-state index contributed by atoms with van der Waals surface area (Å²) in [6.45, 7) is 2.20. The lowest BCUT2D eigenvalue weighted by atomic mass is 10.1. The highest BCUT2D eigenvalue weighted by atomic mass is 35.5. The Kier molecular flexibility index (Phi) is 7.59. The van der Waals surface area contributed by atoms with Gasteiger partial charge in [-0.3, -0.25) is 9.48 Å². The van der Waals surface area contributed by atoms with Crippen LogP contribution in [-0.2, 0) is 16.6 Å². The van der Waals surface area contributed by atoms with Crippen LogP contribution in [0.2, 0.25) is 0 Å². The van der Waals surface area contributed by atoms with Crippen LogP contribution in [0.4, 0.5) is 0 Å². The van der Waals surface area contributed by atoms with Gasteiger partial charge in [-0.15, -0.1) is 12.4 Å². The Balaban J connectivity index is 0.00000280. The third-order valence-corrected chi connectivity index (χ3v) is 6.47. The molecular weight excluding hydrogens is 402 g/mol. The van der Waals surface area contributed by atoms with Crippen molar-refractivity contribution in [3.63, 3.8) is 0 Å². The molecule has 0 saturated carbocycles. The van der Waals surface area contributed by atoms with Gasteiger partial charge in [0.1, 0.15) is 5.69 Å². The van der Waals surface area contributed by atoms with Gasteiger partial charge in [0.25, 0.3) is 5.91 Å². The molecule has 2 N–H and O–H groups in total. The van der Waals surface area contributed by atoms with Crippen molar-refractivity contribution >= 4 is 28.3 Å². The maximum Gasteiger partial charge on any atom is 0.272 e. The zero-order chi connectivity index (χ0) is 19.4. The number of nitrogens with zero attached hydrogens (tertiary/aromatic N) is 3. The number of rotatable bonds is 6. The van der Waals surface area contributed by atoms with Gasteiger partial charge in [-0.25, -0.2) is 12.7 Å². The third kappa shape index (κ3) is 5.11. The molecule has 1 amide bonds. The second-order valence-electron chi connectivity index (χ2n) is 6.80. The average Bonchev–Trinajstić information content (AvgIpc) is 3.17. The molecule has 1 saturated heterocycles. The van der Waals surface area contributed by atoms with Gasteiger partial charge in [0.15, 0.2) is 0 Å². The monoisotopic (exact) mass is 427 g/mol. The molecule has 2 heterocycles. The van der Waals surface area contributed by atoms with Gasteiger partial charge in [-0.1, -0.05) is 12.1 Å². The predicted molar refractivity (Wildman–Crippen MR) is 109 cm³/mol. The van der Waals surface area contributed by atoms with Crippen molar-refractivity contribution < 1.29 is 13.2 Å². The summed E-state index contributed by atoms with van der Waals surface area (Å²) in [6.07, 6.45) is 4.00. The zero-order valence-corrected chi connectivity index (χ0v) is 17.6. The molecule has 2 aromatic rings. The van der Waals surface area contributed by atoms with E-state index in [2.05, 4.69) is 15.7 Å². The fraction of sp³-hybridized carbons (Fsp3) is 0.444.